The van der Waals surface area contributed by atoms with E-state index < -0.39 is 0 Å². The van der Waals surface area contributed by atoms with Crippen molar-refractivity contribution in [3.63, 3.8) is 0 Å². The van der Waals surface area contributed by atoms with Crippen molar-refractivity contribution in [2.75, 3.05) is 0 Å². The van der Waals surface area contributed by atoms with E-state index in [0.29, 0.717) is 12.2 Å². The van der Waals surface area contributed by atoms with Crippen LogP contribution in [0, 0.1) is 17.3 Å². The summed E-state index contributed by atoms with van der Waals surface area (Å²) < 4.78 is 2.27. The third-order valence-corrected chi connectivity index (χ3v) is 6.07. The Labute approximate surface area is 120 Å². The van der Waals surface area contributed by atoms with Crippen molar-refractivity contribution >= 4 is 5.78 Å². The molecule has 3 heteroatoms. The third-order valence-electron chi connectivity index (χ3n) is 6.07. The predicted octanol–water partition coefficient (Wildman–Crippen LogP) is 3.57. The Morgan fingerprint density at radius 1 is 1.25 bits per heavy atom. The standard InChI is InChI=1S/C17H24N2O/c1-16(2)8-13-15(14(20)9-16)19(10-18-13)17(3)7-11-4-5-12(17)6-11/h10-12H,4-9H2,1-3H3/t11?,12-,17-/m0/s1. The highest BCUT2D eigenvalue weighted by Gasteiger charge is 2.51. The molecule has 0 aliphatic heterocycles. The molecule has 3 nitrogen and oxygen atoms in total. The van der Waals surface area contributed by atoms with Gasteiger partial charge in [-0.15, -0.1) is 0 Å². The first kappa shape index (κ1) is 12.6. The van der Waals surface area contributed by atoms with Gasteiger partial charge in [0.25, 0.3) is 0 Å². The molecule has 1 aromatic rings. The maximum atomic E-state index is 12.6. The number of carbonyl (C=O) groups excluding carboxylic acids is 1. The van der Waals surface area contributed by atoms with E-state index in [-0.39, 0.29) is 11.0 Å². The lowest BCUT2D eigenvalue weighted by molar-refractivity contribution is 0.0880. The van der Waals surface area contributed by atoms with E-state index in [9.17, 15) is 4.79 Å². The van der Waals surface area contributed by atoms with Gasteiger partial charge in [0.2, 0.25) is 0 Å². The van der Waals surface area contributed by atoms with E-state index >= 15 is 0 Å². The maximum absolute atomic E-state index is 12.6. The second-order valence-electron chi connectivity index (χ2n) is 8.29. The van der Waals surface area contributed by atoms with Crippen LogP contribution in [0.1, 0.15) is 69.1 Å². The molecule has 0 radical (unpaired) electrons. The normalized spacial score (nSPS) is 38.2. The first-order valence-electron chi connectivity index (χ1n) is 7.99. The Balaban J connectivity index is 1.79. The quantitative estimate of drug-likeness (QED) is 0.783. The number of fused-ring (bicyclic) bond motifs is 3. The molecule has 2 bridgehead atoms. The Morgan fingerprint density at radius 2 is 2.05 bits per heavy atom. The van der Waals surface area contributed by atoms with Gasteiger partial charge >= 0.3 is 0 Å². The molecule has 3 atom stereocenters. The third kappa shape index (κ3) is 1.58. The van der Waals surface area contributed by atoms with Crippen LogP contribution in [0.25, 0.3) is 0 Å². The minimum atomic E-state index is 0.0683. The van der Waals surface area contributed by atoms with E-state index in [0.717, 1.165) is 29.6 Å². The number of aromatic nitrogens is 2. The molecular formula is C17H24N2O. The zero-order valence-corrected chi connectivity index (χ0v) is 12.8. The molecule has 0 aromatic carbocycles. The van der Waals surface area contributed by atoms with Crippen molar-refractivity contribution in [2.24, 2.45) is 17.3 Å². The largest absolute Gasteiger partial charge is 0.322 e. The lowest BCUT2D eigenvalue weighted by Crippen LogP contribution is -2.39. The number of Topliss-reactive ketones (excluding diaryl/α,β-unsaturated/α-hetero) is 1. The van der Waals surface area contributed by atoms with Gasteiger partial charge in [-0.05, 0) is 56.3 Å². The second-order valence-corrected chi connectivity index (χ2v) is 8.29. The van der Waals surface area contributed by atoms with Crippen molar-refractivity contribution in [1.82, 2.24) is 9.55 Å². The molecule has 4 rings (SSSR count). The number of hydrogen-bond donors (Lipinski definition) is 0. The van der Waals surface area contributed by atoms with Gasteiger partial charge < -0.3 is 4.57 Å². The molecule has 3 aliphatic carbocycles. The SMILES string of the molecule is CC1(C)CC(=O)c2c(ncn2[C@@]2(C)CC3CC[C@H]2C3)C1. The van der Waals surface area contributed by atoms with Crippen molar-refractivity contribution in [3.05, 3.63) is 17.7 Å². The van der Waals surface area contributed by atoms with Crippen LogP contribution < -0.4 is 0 Å². The lowest BCUT2D eigenvalue weighted by atomic mass is 9.76. The summed E-state index contributed by atoms with van der Waals surface area (Å²) in [5, 5.41) is 0. The Kier molecular flexibility index (Phi) is 2.36. The van der Waals surface area contributed by atoms with E-state index in [2.05, 4.69) is 30.3 Å². The molecule has 0 N–H and O–H groups in total. The summed E-state index contributed by atoms with van der Waals surface area (Å²) in [5.74, 6) is 1.92. The van der Waals surface area contributed by atoms with Crippen LogP contribution in [0.5, 0.6) is 0 Å². The van der Waals surface area contributed by atoms with E-state index in [1.807, 2.05) is 6.33 Å². The summed E-state index contributed by atoms with van der Waals surface area (Å²) >= 11 is 0. The summed E-state index contributed by atoms with van der Waals surface area (Å²) in [6, 6.07) is 0. The fourth-order valence-corrected chi connectivity index (χ4v) is 5.10. The fourth-order valence-electron chi connectivity index (χ4n) is 5.10. The average molecular weight is 272 g/mol. The molecule has 0 spiro atoms. The lowest BCUT2D eigenvalue weighted by Gasteiger charge is -2.38. The van der Waals surface area contributed by atoms with Gasteiger partial charge in [0.1, 0.15) is 5.69 Å². The number of imidazole rings is 1. The monoisotopic (exact) mass is 272 g/mol. The Morgan fingerprint density at radius 3 is 2.70 bits per heavy atom. The fraction of sp³-hybridized carbons (Fsp3) is 0.765. The predicted molar refractivity (Wildman–Crippen MR) is 77.8 cm³/mol. The Hall–Kier alpha value is -1.12. The van der Waals surface area contributed by atoms with E-state index in [1.165, 1.54) is 25.7 Å². The van der Waals surface area contributed by atoms with Crippen LogP contribution in [0.3, 0.4) is 0 Å². The highest BCUT2D eigenvalue weighted by Crippen LogP contribution is 2.55. The topological polar surface area (TPSA) is 34.9 Å². The minimum absolute atomic E-state index is 0.0683. The molecule has 1 unspecified atom stereocenters. The van der Waals surface area contributed by atoms with Gasteiger partial charge in [-0.2, -0.15) is 0 Å². The average Bonchev–Trinajstić information content (AvgIpc) is 2.99. The van der Waals surface area contributed by atoms with Gasteiger partial charge in [-0.3, -0.25) is 4.79 Å². The van der Waals surface area contributed by atoms with Crippen LogP contribution in [0.2, 0.25) is 0 Å². The highest BCUT2D eigenvalue weighted by atomic mass is 16.1. The van der Waals surface area contributed by atoms with Crippen molar-refractivity contribution in [2.45, 2.75) is 64.8 Å². The number of nitrogens with zero attached hydrogens (tertiary/aromatic N) is 2. The molecular weight excluding hydrogens is 248 g/mol. The molecule has 0 saturated heterocycles. The van der Waals surface area contributed by atoms with Gasteiger partial charge in [-0.25, -0.2) is 4.98 Å². The smallest absolute Gasteiger partial charge is 0.181 e. The van der Waals surface area contributed by atoms with Gasteiger partial charge in [0.05, 0.1) is 12.0 Å². The maximum Gasteiger partial charge on any atom is 0.181 e. The van der Waals surface area contributed by atoms with Gasteiger partial charge in [0.15, 0.2) is 5.78 Å². The molecule has 2 fully saturated rings. The first-order chi connectivity index (χ1) is 9.39. The van der Waals surface area contributed by atoms with Crippen molar-refractivity contribution in [1.29, 1.82) is 0 Å². The van der Waals surface area contributed by atoms with E-state index in [4.69, 9.17) is 0 Å². The van der Waals surface area contributed by atoms with E-state index in [1.54, 1.807) is 0 Å². The first-order valence-corrected chi connectivity index (χ1v) is 7.99. The number of hydrogen-bond acceptors (Lipinski definition) is 2. The summed E-state index contributed by atoms with van der Waals surface area (Å²) in [6.45, 7) is 6.70. The van der Waals surface area contributed by atoms with Crippen LogP contribution in [0.4, 0.5) is 0 Å². The summed E-state index contributed by atoms with van der Waals surface area (Å²) in [6.07, 6.45) is 8.86. The molecule has 1 aromatic heterocycles. The molecule has 0 amide bonds. The Bertz CT molecular complexity index is 586. The summed E-state index contributed by atoms with van der Waals surface area (Å²) in [4.78, 5) is 17.2. The molecule has 20 heavy (non-hydrogen) atoms. The zero-order valence-electron chi connectivity index (χ0n) is 12.8. The summed E-state index contributed by atoms with van der Waals surface area (Å²) in [7, 11) is 0. The van der Waals surface area contributed by atoms with Crippen molar-refractivity contribution in [3.8, 4) is 0 Å². The van der Waals surface area contributed by atoms with Crippen LogP contribution in [-0.4, -0.2) is 15.3 Å². The van der Waals surface area contributed by atoms with Crippen LogP contribution in [0.15, 0.2) is 6.33 Å². The highest BCUT2D eigenvalue weighted by molar-refractivity contribution is 5.97. The number of carbonyl (C=O) groups is 1. The second kappa shape index (κ2) is 3.75. The molecule has 108 valence electrons. The summed E-state index contributed by atoms with van der Waals surface area (Å²) in [5.41, 5.74) is 2.18. The molecule has 2 saturated carbocycles. The van der Waals surface area contributed by atoms with Gasteiger partial charge in [-0.1, -0.05) is 13.8 Å². The minimum Gasteiger partial charge on any atom is -0.322 e. The molecule has 1 heterocycles. The van der Waals surface area contributed by atoms with Crippen LogP contribution in [-0.2, 0) is 12.0 Å². The zero-order chi connectivity index (χ0) is 14.1. The number of rotatable bonds is 1. The number of ketones is 1. The molecule has 3 aliphatic rings. The van der Waals surface area contributed by atoms with Crippen molar-refractivity contribution < 1.29 is 4.79 Å². The van der Waals surface area contributed by atoms with Crippen LogP contribution >= 0.6 is 0 Å². The van der Waals surface area contributed by atoms with Gasteiger partial charge in [0, 0.05) is 12.0 Å².